The third kappa shape index (κ3) is 35.0. The van der Waals surface area contributed by atoms with Crippen LogP contribution in [0.2, 0.25) is 0 Å². The van der Waals surface area contributed by atoms with Crippen LogP contribution in [0.3, 0.4) is 0 Å². The van der Waals surface area contributed by atoms with Gasteiger partial charge < -0.3 is 15.0 Å². The van der Waals surface area contributed by atoms with Gasteiger partial charge in [-0.1, -0.05) is 83.3 Å². The zero-order valence-corrected chi connectivity index (χ0v) is 20.5. The fourth-order valence-electron chi connectivity index (χ4n) is 3.13. The number of hydrogen-bond acceptors (Lipinski definition) is 5. The number of nitrogens with two attached hydrogens (primary N) is 1. The predicted molar refractivity (Wildman–Crippen MR) is 124 cm³/mol. The van der Waals surface area contributed by atoms with E-state index in [0.29, 0.717) is 6.61 Å². The number of unbranched alkanes of at least 4 members (excludes halogenated alkanes) is 14. The van der Waals surface area contributed by atoms with Crippen LogP contribution in [0.1, 0.15) is 110 Å². The van der Waals surface area contributed by atoms with E-state index in [0.717, 1.165) is 13.7 Å². The number of hydrogen-bond donors (Lipinski definition) is 2. The molecule has 7 heteroatoms. The molecule has 0 atom stereocenters. The van der Waals surface area contributed by atoms with E-state index >= 15 is 0 Å². The molecule has 182 valence electrons. The van der Waals surface area contributed by atoms with Crippen molar-refractivity contribution in [1.82, 2.24) is 0 Å². The van der Waals surface area contributed by atoms with Gasteiger partial charge in [0.1, 0.15) is 0 Å². The molecule has 0 unspecified atom stereocenters. The molecule has 0 bridgehead atoms. The van der Waals surface area contributed by atoms with Gasteiger partial charge in [-0.2, -0.15) is 0 Å². The van der Waals surface area contributed by atoms with Crippen molar-refractivity contribution < 1.29 is 27.6 Å². The first-order chi connectivity index (χ1) is 14.5. The Morgan fingerprint density at radius 3 is 1.57 bits per heavy atom. The van der Waals surface area contributed by atoms with Crippen LogP contribution < -0.4 is 5.32 Å². The predicted octanol–water partition coefficient (Wildman–Crippen LogP) is 4.45. The van der Waals surface area contributed by atoms with E-state index in [-0.39, 0.29) is 0 Å². The van der Waals surface area contributed by atoms with Gasteiger partial charge in [0.15, 0.2) is 0 Å². The lowest BCUT2D eigenvalue weighted by atomic mass is 10.1. The minimum atomic E-state index is -4.41. The molecule has 0 radical (unpaired) electrons. The maximum atomic E-state index is 9.22. The van der Waals surface area contributed by atoms with E-state index in [9.17, 15) is 13.0 Å². The van der Waals surface area contributed by atoms with E-state index in [1.807, 2.05) is 0 Å². The van der Waals surface area contributed by atoms with E-state index in [1.54, 1.807) is 0 Å². The molecule has 0 aliphatic carbocycles. The molecule has 0 heterocycles. The fraction of sp³-hybridized carbons (Fsp3) is 0.913. The number of allylic oxidation sites excluding steroid dienone is 2. The van der Waals surface area contributed by atoms with Crippen LogP contribution in [0, 0.1) is 0 Å². The van der Waals surface area contributed by atoms with Gasteiger partial charge in [0.25, 0.3) is 0 Å². The maximum Gasteiger partial charge on any atom is 0.217 e. The molecule has 0 rings (SSSR count). The fourth-order valence-corrected chi connectivity index (χ4v) is 3.13. The zero-order chi connectivity index (χ0) is 22.8. The average Bonchev–Trinajstić information content (AvgIpc) is 2.72. The third-order valence-electron chi connectivity index (χ3n) is 4.96. The van der Waals surface area contributed by atoms with E-state index < -0.39 is 10.4 Å². The molecule has 0 saturated carbocycles. The van der Waals surface area contributed by atoms with Crippen LogP contribution in [-0.2, 0) is 14.6 Å². The number of quaternary nitrogens is 1. The van der Waals surface area contributed by atoms with Gasteiger partial charge in [-0.3, -0.25) is 4.18 Å². The second-order valence-electron chi connectivity index (χ2n) is 7.81. The lowest BCUT2D eigenvalue weighted by Crippen LogP contribution is -2.85. The normalized spacial score (nSPS) is 11.6. The Morgan fingerprint density at radius 2 is 1.17 bits per heavy atom. The van der Waals surface area contributed by atoms with Crippen LogP contribution in [0.15, 0.2) is 12.2 Å². The zero-order valence-electron chi connectivity index (χ0n) is 19.7. The Bertz CT molecular complexity index is 441. The SMILES string of the molecule is CCCCCCCC/C=C\CCCCCCCCCC[NH2+]CCO.COS(=O)(=O)[O-]. The van der Waals surface area contributed by atoms with Crippen molar-refractivity contribution >= 4 is 10.4 Å². The van der Waals surface area contributed by atoms with Gasteiger partial charge in [0, 0.05) is 0 Å². The molecule has 0 aromatic carbocycles. The Morgan fingerprint density at radius 1 is 0.767 bits per heavy atom. The van der Waals surface area contributed by atoms with Gasteiger partial charge in [0.2, 0.25) is 10.4 Å². The lowest BCUT2D eigenvalue weighted by Gasteiger charge is -2.02. The second-order valence-corrected chi connectivity index (χ2v) is 8.96. The highest BCUT2D eigenvalue weighted by Gasteiger charge is 1.94. The van der Waals surface area contributed by atoms with E-state index in [1.165, 1.54) is 109 Å². The van der Waals surface area contributed by atoms with E-state index in [2.05, 4.69) is 28.6 Å². The quantitative estimate of drug-likeness (QED) is 0.116. The third-order valence-corrected chi connectivity index (χ3v) is 5.37. The Balaban J connectivity index is 0. The Labute approximate surface area is 186 Å². The summed E-state index contributed by atoms with van der Waals surface area (Å²) >= 11 is 0. The molecule has 0 aromatic heterocycles. The second kappa shape index (κ2) is 26.6. The lowest BCUT2D eigenvalue weighted by molar-refractivity contribution is -0.656. The highest BCUT2D eigenvalue weighted by molar-refractivity contribution is 7.80. The van der Waals surface area contributed by atoms with Crippen molar-refractivity contribution in [2.75, 3.05) is 26.8 Å². The number of aliphatic hydroxyl groups excluding tert-OH is 1. The summed E-state index contributed by atoms with van der Waals surface area (Å²) in [5, 5.41) is 10.9. The van der Waals surface area contributed by atoms with Crippen molar-refractivity contribution in [1.29, 1.82) is 0 Å². The van der Waals surface area contributed by atoms with Crippen LogP contribution in [0.5, 0.6) is 0 Å². The highest BCUT2D eigenvalue weighted by Crippen LogP contribution is 2.10. The minimum absolute atomic E-state index is 0.314. The Hall–Kier alpha value is -0.470. The number of aliphatic hydroxyl groups is 1. The van der Waals surface area contributed by atoms with Crippen molar-refractivity contribution in [3.8, 4) is 0 Å². The van der Waals surface area contributed by atoms with Crippen molar-refractivity contribution in [2.45, 2.75) is 110 Å². The first kappa shape index (κ1) is 31.7. The van der Waals surface area contributed by atoms with Crippen molar-refractivity contribution in [2.24, 2.45) is 0 Å². The molecule has 0 saturated heterocycles. The maximum absolute atomic E-state index is 9.22. The van der Waals surface area contributed by atoms with Crippen LogP contribution in [0.25, 0.3) is 0 Å². The summed E-state index contributed by atoms with van der Waals surface area (Å²) in [7, 11) is -3.60. The molecule has 0 amide bonds. The van der Waals surface area contributed by atoms with Gasteiger partial charge in [-0.05, 0) is 38.5 Å². The topological polar surface area (TPSA) is 103 Å². The highest BCUT2D eigenvalue weighted by atomic mass is 32.3. The molecule has 30 heavy (non-hydrogen) atoms. The molecule has 0 aliphatic heterocycles. The molecule has 0 aliphatic rings. The monoisotopic (exact) mass is 451 g/mol. The molecular formula is C23H49NO5S. The van der Waals surface area contributed by atoms with Crippen LogP contribution in [-0.4, -0.2) is 44.9 Å². The summed E-state index contributed by atoms with van der Waals surface area (Å²) in [6.45, 7) is 4.65. The summed E-state index contributed by atoms with van der Waals surface area (Å²) in [5.74, 6) is 0. The largest absolute Gasteiger partial charge is 0.726 e. The van der Waals surface area contributed by atoms with Crippen molar-refractivity contribution in [3.05, 3.63) is 12.2 Å². The first-order valence-corrected chi connectivity index (χ1v) is 13.4. The summed E-state index contributed by atoms with van der Waals surface area (Å²) in [4.78, 5) is 0. The van der Waals surface area contributed by atoms with Crippen LogP contribution >= 0.6 is 0 Å². The summed E-state index contributed by atoms with van der Waals surface area (Å²) in [6.07, 6.45) is 26.9. The molecule has 0 aromatic rings. The average molecular weight is 452 g/mol. The molecule has 0 spiro atoms. The van der Waals surface area contributed by atoms with E-state index in [4.69, 9.17) is 5.11 Å². The number of rotatable bonds is 21. The molecular weight excluding hydrogens is 402 g/mol. The van der Waals surface area contributed by atoms with Gasteiger partial charge in [-0.15, -0.1) is 0 Å². The molecule has 0 fully saturated rings. The van der Waals surface area contributed by atoms with Crippen molar-refractivity contribution in [3.63, 3.8) is 0 Å². The summed E-state index contributed by atoms with van der Waals surface area (Å²) in [6, 6.07) is 0. The summed E-state index contributed by atoms with van der Waals surface area (Å²) < 4.78 is 31.0. The van der Waals surface area contributed by atoms with Gasteiger partial charge in [-0.25, -0.2) is 8.42 Å². The first-order valence-electron chi connectivity index (χ1n) is 12.1. The Kier molecular flexibility index (Phi) is 28.1. The van der Waals surface area contributed by atoms with Gasteiger partial charge >= 0.3 is 0 Å². The van der Waals surface area contributed by atoms with Crippen LogP contribution in [0.4, 0.5) is 0 Å². The summed E-state index contributed by atoms with van der Waals surface area (Å²) in [5.41, 5.74) is 0. The van der Waals surface area contributed by atoms with Gasteiger partial charge in [0.05, 0.1) is 26.8 Å². The standard InChI is InChI=1S/C22H45NO.CH4O4S/c1-2-3-4-5-6-7-8-9-10-11-12-13-14-15-16-17-18-19-20-23-21-22-24;1-5-6(2,3)4/h9-10,23-24H,2-8,11-22H2,1H3;1H3,(H,2,3,4)/b10-9-;. The smallest absolute Gasteiger partial charge is 0.217 e. The molecule has 6 nitrogen and oxygen atoms in total. The molecule has 3 N–H and O–H groups in total. The minimum Gasteiger partial charge on any atom is -0.726 e.